The van der Waals surface area contributed by atoms with Crippen LogP contribution in [0.5, 0.6) is 0 Å². The van der Waals surface area contributed by atoms with Crippen molar-refractivity contribution >= 4 is 37.7 Å². The minimum atomic E-state index is 0. The second-order valence-electron chi connectivity index (χ2n) is 0. The fourth-order valence-corrected chi connectivity index (χ4v) is 0. The Morgan fingerprint density at radius 3 is 0.556 bits per heavy atom. The standard InChI is InChI=1S/Ca.Fe.La.Ni.5O/q+2;2*+3;+2;5*-2. The van der Waals surface area contributed by atoms with Gasteiger partial charge in [0, 0.05) is 0 Å². The molecule has 9 heteroatoms. The molecule has 1 radical (unpaired) electrons. The smallest absolute Gasteiger partial charge is 2.00 e. The molecule has 0 amide bonds. The largest absolute Gasteiger partial charge is 3.00 e. The molecule has 0 aliphatic carbocycles. The molecule has 0 fully saturated rings. The van der Waals surface area contributed by atoms with Crippen LogP contribution in [0.15, 0.2) is 0 Å². The fourth-order valence-electron chi connectivity index (χ4n) is 0. The zero-order chi connectivity index (χ0) is 0. The van der Waals surface area contributed by atoms with Crippen molar-refractivity contribution in [1.29, 1.82) is 0 Å². The molecule has 0 rings (SSSR count). The quantitative estimate of drug-likeness (QED) is 0.481. The summed E-state index contributed by atoms with van der Waals surface area (Å²) < 4.78 is 0. The van der Waals surface area contributed by atoms with E-state index in [0.29, 0.717) is 0 Å². The monoisotopic (exact) mass is 373 g/mol. The van der Waals surface area contributed by atoms with Gasteiger partial charge in [-0.05, 0) is 0 Å². The third-order valence-electron chi connectivity index (χ3n) is 0. The van der Waals surface area contributed by atoms with Gasteiger partial charge in [0.1, 0.15) is 0 Å². The summed E-state index contributed by atoms with van der Waals surface area (Å²) in [5.41, 5.74) is 0. The van der Waals surface area contributed by atoms with Gasteiger partial charge < -0.3 is 27.4 Å². The number of rotatable bonds is 0. The first kappa shape index (κ1) is 146. The molecule has 5 nitrogen and oxygen atoms in total. The van der Waals surface area contributed by atoms with Crippen molar-refractivity contribution in [3.05, 3.63) is 0 Å². The molecule has 0 aliphatic heterocycles. The molecule has 0 saturated carbocycles. The average molecular weight is 374 g/mol. The molecule has 0 saturated heterocycles. The molecule has 53 valence electrons. The van der Waals surface area contributed by atoms with Crippen molar-refractivity contribution in [2.24, 2.45) is 0 Å². The number of hydrogen-bond acceptors (Lipinski definition) is 0. The van der Waals surface area contributed by atoms with Gasteiger partial charge in [-0.1, -0.05) is 0 Å². The van der Waals surface area contributed by atoms with Gasteiger partial charge in [-0.2, -0.15) is 0 Å². The molecule has 0 aliphatic rings. The Morgan fingerprint density at radius 1 is 0.556 bits per heavy atom. The van der Waals surface area contributed by atoms with E-state index in [1.807, 2.05) is 0 Å². The van der Waals surface area contributed by atoms with Gasteiger partial charge in [0.2, 0.25) is 0 Å². The first-order valence-electron chi connectivity index (χ1n) is 0. The summed E-state index contributed by atoms with van der Waals surface area (Å²) in [6.07, 6.45) is 0. The van der Waals surface area contributed by atoms with Crippen molar-refractivity contribution in [2.45, 2.75) is 0 Å². The summed E-state index contributed by atoms with van der Waals surface area (Å²) in [5.74, 6) is 0. The molecule has 0 bridgehead atoms. The summed E-state index contributed by atoms with van der Waals surface area (Å²) in [6, 6.07) is 0. The molecule has 9 heavy (non-hydrogen) atoms. The third-order valence-corrected chi connectivity index (χ3v) is 0. The molecule has 0 aromatic heterocycles. The fraction of sp³-hybridized carbons (Fsp3) is 0. The van der Waals surface area contributed by atoms with E-state index in [2.05, 4.69) is 0 Å². The zero-order valence-corrected chi connectivity index (χ0v) is 11.9. The van der Waals surface area contributed by atoms with Crippen LogP contribution >= 0.6 is 0 Å². The van der Waals surface area contributed by atoms with E-state index in [0.717, 1.165) is 0 Å². The van der Waals surface area contributed by atoms with Crippen LogP contribution < -0.4 is 0 Å². The minimum Gasteiger partial charge on any atom is -2.00 e. The predicted octanol–water partition coefficient (Wildman–Crippen LogP) is -0.980. The van der Waals surface area contributed by atoms with Gasteiger partial charge in [-0.15, -0.1) is 0 Å². The van der Waals surface area contributed by atoms with Crippen LogP contribution in [0, 0.1) is 35.6 Å². The molecule has 0 aromatic carbocycles. The zero-order valence-electron chi connectivity index (χ0n) is 4.00. The number of hydrogen-bond donors (Lipinski definition) is 0. The minimum absolute atomic E-state index is 0. The van der Waals surface area contributed by atoms with Crippen LogP contribution in [-0.4, -0.2) is 37.7 Å². The topological polar surface area (TPSA) is 142 Å². The van der Waals surface area contributed by atoms with Crippen LogP contribution in [0.4, 0.5) is 0 Å². The van der Waals surface area contributed by atoms with Gasteiger partial charge in [0.05, 0.1) is 0 Å². The van der Waals surface area contributed by atoms with E-state index in [1.54, 1.807) is 0 Å². The molecular weight excluding hydrogens is 374 g/mol. The predicted molar refractivity (Wildman–Crippen MR) is 9.19 cm³/mol. The summed E-state index contributed by atoms with van der Waals surface area (Å²) in [7, 11) is 0. The Kier molecular flexibility index (Phi) is 1800. The molecule has 0 unspecified atom stereocenters. The van der Waals surface area contributed by atoms with Gasteiger partial charge >= 0.3 is 107 Å². The first-order chi connectivity index (χ1) is 0. The van der Waals surface area contributed by atoms with Gasteiger partial charge in [-0.25, -0.2) is 0 Å². The van der Waals surface area contributed by atoms with E-state index in [-0.39, 0.29) is 134 Å². The van der Waals surface area contributed by atoms with Crippen molar-refractivity contribution in [2.75, 3.05) is 0 Å². The van der Waals surface area contributed by atoms with Crippen LogP contribution in [0.3, 0.4) is 0 Å². The summed E-state index contributed by atoms with van der Waals surface area (Å²) >= 11 is 0. The maximum absolute atomic E-state index is 0. The van der Waals surface area contributed by atoms with Crippen molar-refractivity contribution in [1.82, 2.24) is 0 Å². The Morgan fingerprint density at radius 2 is 0.556 bits per heavy atom. The first-order valence-corrected chi connectivity index (χ1v) is 0. The molecule has 0 atom stereocenters. The third kappa shape index (κ3) is 90.6. The maximum Gasteiger partial charge on any atom is 3.00 e. The van der Waals surface area contributed by atoms with Crippen molar-refractivity contribution < 1.29 is 96.5 Å². The second-order valence-corrected chi connectivity index (χ2v) is 0. The SMILES string of the molecule is [Ca+2].[Fe+3].[La+3].[Ni+2].[O-2].[O-2].[O-2].[O-2].[O-2]. The van der Waals surface area contributed by atoms with Crippen LogP contribution in [0.1, 0.15) is 0 Å². The Labute approximate surface area is 132 Å². The average Bonchev–Trinajstić information content (AvgIpc) is 0. The van der Waals surface area contributed by atoms with Crippen molar-refractivity contribution in [3.8, 4) is 0 Å². The molecule has 0 aromatic rings. The van der Waals surface area contributed by atoms with E-state index < -0.39 is 0 Å². The molecule has 0 N–H and O–H groups in total. The van der Waals surface area contributed by atoms with E-state index >= 15 is 0 Å². The Hall–Kier alpha value is 3.27. The molecule has 0 heterocycles. The van der Waals surface area contributed by atoms with Gasteiger partial charge in [-0.3, -0.25) is 0 Å². The van der Waals surface area contributed by atoms with Crippen LogP contribution in [0.25, 0.3) is 0 Å². The Balaban J connectivity index is 0. The maximum atomic E-state index is 0. The normalized spacial score (nSPS) is 0. The van der Waals surface area contributed by atoms with Gasteiger partial charge in [0.15, 0.2) is 0 Å². The van der Waals surface area contributed by atoms with E-state index in [9.17, 15) is 0 Å². The van der Waals surface area contributed by atoms with Crippen molar-refractivity contribution in [3.63, 3.8) is 0 Å². The van der Waals surface area contributed by atoms with Gasteiger partial charge in [0.25, 0.3) is 0 Å². The molecular formula is CaFeLaNiO5. The van der Waals surface area contributed by atoms with Crippen LogP contribution in [-0.2, 0) is 60.9 Å². The summed E-state index contributed by atoms with van der Waals surface area (Å²) in [4.78, 5) is 0. The van der Waals surface area contributed by atoms with E-state index in [4.69, 9.17) is 0 Å². The summed E-state index contributed by atoms with van der Waals surface area (Å²) in [6.45, 7) is 0. The summed E-state index contributed by atoms with van der Waals surface area (Å²) in [5, 5.41) is 0. The molecule has 0 spiro atoms. The Bertz CT molecular complexity index is 16.9. The van der Waals surface area contributed by atoms with Crippen LogP contribution in [0.2, 0.25) is 0 Å². The van der Waals surface area contributed by atoms with E-state index in [1.165, 1.54) is 0 Å². The second kappa shape index (κ2) is 111.